The molecule has 8 heteroatoms. The van der Waals surface area contributed by atoms with E-state index in [9.17, 15) is 9.59 Å². The first-order chi connectivity index (χ1) is 9.13. The highest BCUT2D eigenvalue weighted by atomic mass is 16.5. The van der Waals surface area contributed by atoms with Crippen LogP contribution in [0.2, 0.25) is 0 Å². The molecule has 1 aliphatic carbocycles. The van der Waals surface area contributed by atoms with Gasteiger partial charge < -0.3 is 15.2 Å². The number of carbonyl (C=O) groups excluding carboxylic acids is 1. The Labute approximate surface area is 109 Å². The van der Waals surface area contributed by atoms with Gasteiger partial charge in [-0.1, -0.05) is 5.21 Å². The van der Waals surface area contributed by atoms with E-state index in [0.717, 1.165) is 12.8 Å². The van der Waals surface area contributed by atoms with Gasteiger partial charge in [-0.2, -0.15) is 0 Å². The summed E-state index contributed by atoms with van der Waals surface area (Å²) in [5.41, 5.74) is 0.501. The number of ether oxygens (including phenoxy) is 1. The highest BCUT2D eigenvalue weighted by Gasteiger charge is 2.34. The molecule has 104 valence electrons. The predicted molar refractivity (Wildman–Crippen MR) is 63.8 cm³/mol. The summed E-state index contributed by atoms with van der Waals surface area (Å²) in [7, 11) is 1.55. The number of hydrogen-bond donors (Lipinski definition) is 2. The van der Waals surface area contributed by atoms with Crippen molar-refractivity contribution in [2.45, 2.75) is 25.3 Å². The molecule has 0 aromatic carbocycles. The van der Waals surface area contributed by atoms with Gasteiger partial charge in [-0.15, -0.1) is 5.10 Å². The van der Waals surface area contributed by atoms with E-state index in [1.54, 1.807) is 7.11 Å². The standard InChI is InChI=1S/C11H16N4O4/c1-19-5-4-12-8(16)6-15-10(7-2-3-7)9(11(17)18)13-14-15/h7H,2-6H2,1H3,(H,12,16)(H,17,18). The Bertz CT molecular complexity index is 481. The summed E-state index contributed by atoms with van der Waals surface area (Å²) >= 11 is 0. The fourth-order valence-corrected chi connectivity index (χ4v) is 1.83. The third-order valence-electron chi connectivity index (χ3n) is 2.86. The van der Waals surface area contributed by atoms with Crippen LogP contribution < -0.4 is 5.32 Å². The molecular weight excluding hydrogens is 252 g/mol. The van der Waals surface area contributed by atoms with Crippen molar-refractivity contribution in [2.24, 2.45) is 0 Å². The van der Waals surface area contributed by atoms with E-state index in [1.807, 2.05) is 0 Å². The number of nitrogens with zero attached hydrogens (tertiary/aromatic N) is 3. The molecule has 0 atom stereocenters. The Morgan fingerprint density at radius 1 is 1.53 bits per heavy atom. The summed E-state index contributed by atoms with van der Waals surface area (Å²) in [5.74, 6) is -1.18. The minimum absolute atomic E-state index is 0.0180. The van der Waals surface area contributed by atoms with Crippen molar-refractivity contribution >= 4 is 11.9 Å². The van der Waals surface area contributed by atoms with Crippen LogP contribution >= 0.6 is 0 Å². The molecule has 1 aromatic heterocycles. The van der Waals surface area contributed by atoms with Crippen molar-refractivity contribution in [1.29, 1.82) is 0 Å². The van der Waals surface area contributed by atoms with E-state index < -0.39 is 5.97 Å². The van der Waals surface area contributed by atoms with Gasteiger partial charge in [-0.05, 0) is 12.8 Å². The topological polar surface area (TPSA) is 106 Å². The maximum Gasteiger partial charge on any atom is 0.358 e. The van der Waals surface area contributed by atoms with Crippen LogP contribution in [0.25, 0.3) is 0 Å². The number of rotatable bonds is 7. The van der Waals surface area contributed by atoms with E-state index in [1.165, 1.54) is 4.68 Å². The molecule has 0 spiro atoms. The number of carboxylic acid groups (broad SMARTS) is 1. The molecule has 1 amide bonds. The number of nitrogens with one attached hydrogen (secondary N) is 1. The first-order valence-electron chi connectivity index (χ1n) is 6.05. The van der Waals surface area contributed by atoms with Crippen LogP contribution in [-0.4, -0.2) is 52.2 Å². The lowest BCUT2D eigenvalue weighted by Gasteiger charge is -2.07. The molecule has 1 aromatic rings. The fourth-order valence-electron chi connectivity index (χ4n) is 1.83. The summed E-state index contributed by atoms with van der Waals surface area (Å²) in [6.07, 6.45) is 1.83. The van der Waals surface area contributed by atoms with Crippen LogP contribution in [0.3, 0.4) is 0 Å². The van der Waals surface area contributed by atoms with Crippen LogP contribution in [0.5, 0.6) is 0 Å². The van der Waals surface area contributed by atoms with Gasteiger partial charge in [0.15, 0.2) is 5.69 Å². The Kier molecular flexibility index (Phi) is 4.10. The highest BCUT2D eigenvalue weighted by Crippen LogP contribution is 2.41. The van der Waals surface area contributed by atoms with Crippen molar-refractivity contribution in [3.05, 3.63) is 11.4 Å². The minimum Gasteiger partial charge on any atom is -0.476 e. The number of carbonyl (C=O) groups is 2. The Hall–Kier alpha value is -1.96. The Morgan fingerprint density at radius 2 is 2.26 bits per heavy atom. The normalized spacial score (nSPS) is 14.4. The Morgan fingerprint density at radius 3 is 2.84 bits per heavy atom. The van der Waals surface area contributed by atoms with Gasteiger partial charge in [0.25, 0.3) is 0 Å². The first-order valence-corrected chi connectivity index (χ1v) is 6.05. The second-order valence-electron chi connectivity index (χ2n) is 4.40. The van der Waals surface area contributed by atoms with Crippen molar-refractivity contribution in [2.75, 3.05) is 20.3 Å². The van der Waals surface area contributed by atoms with E-state index in [0.29, 0.717) is 18.8 Å². The number of carboxylic acids is 1. The summed E-state index contributed by atoms with van der Waals surface area (Å²) < 4.78 is 6.20. The average molecular weight is 268 g/mol. The van der Waals surface area contributed by atoms with Crippen molar-refractivity contribution in [3.8, 4) is 0 Å². The molecule has 2 rings (SSSR count). The zero-order valence-electron chi connectivity index (χ0n) is 10.6. The lowest BCUT2D eigenvalue weighted by Crippen LogP contribution is -2.31. The largest absolute Gasteiger partial charge is 0.476 e. The van der Waals surface area contributed by atoms with Gasteiger partial charge in [0.05, 0.1) is 12.3 Å². The van der Waals surface area contributed by atoms with Crippen molar-refractivity contribution < 1.29 is 19.4 Å². The van der Waals surface area contributed by atoms with Crippen LogP contribution in [0.4, 0.5) is 0 Å². The maximum absolute atomic E-state index is 11.7. The molecule has 8 nitrogen and oxygen atoms in total. The molecule has 1 heterocycles. The smallest absolute Gasteiger partial charge is 0.358 e. The zero-order valence-corrected chi connectivity index (χ0v) is 10.6. The van der Waals surface area contributed by atoms with Gasteiger partial charge in [-0.3, -0.25) is 4.79 Å². The molecule has 0 bridgehead atoms. The summed E-state index contributed by atoms with van der Waals surface area (Å²) in [5, 5.41) is 19.1. The minimum atomic E-state index is -1.10. The van der Waals surface area contributed by atoms with Gasteiger partial charge in [0, 0.05) is 19.6 Å². The lowest BCUT2D eigenvalue weighted by atomic mass is 10.2. The monoisotopic (exact) mass is 268 g/mol. The maximum atomic E-state index is 11.7. The van der Waals surface area contributed by atoms with E-state index >= 15 is 0 Å². The van der Waals surface area contributed by atoms with Gasteiger partial charge in [0.1, 0.15) is 6.54 Å². The Balaban J connectivity index is 2.03. The quantitative estimate of drug-likeness (QED) is 0.653. The SMILES string of the molecule is COCCNC(=O)Cn1nnc(C(=O)O)c1C1CC1. The second-order valence-corrected chi connectivity index (χ2v) is 4.40. The van der Waals surface area contributed by atoms with Crippen LogP contribution in [0.15, 0.2) is 0 Å². The highest BCUT2D eigenvalue weighted by molar-refractivity contribution is 5.87. The van der Waals surface area contributed by atoms with Gasteiger partial charge in [-0.25, -0.2) is 9.48 Å². The number of methoxy groups -OCH3 is 1. The zero-order chi connectivity index (χ0) is 13.8. The van der Waals surface area contributed by atoms with Crippen molar-refractivity contribution in [3.63, 3.8) is 0 Å². The third kappa shape index (κ3) is 3.28. The molecule has 1 fully saturated rings. The first kappa shape index (κ1) is 13.5. The molecule has 1 aliphatic rings. The van der Waals surface area contributed by atoms with Crippen LogP contribution in [0, 0.1) is 0 Å². The molecule has 19 heavy (non-hydrogen) atoms. The molecule has 2 N–H and O–H groups in total. The summed E-state index contributed by atoms with van der Waals surface area (Å²) in [4.78, 5) is 22.7. The van der Waals surface area contributed by atoms with Gasteiger partial charge >= 0.3 is 5.97 Å². The number of aromatic carboxylic acids is 1. The number of amides is 1. The van der Waals surface area contributed by atoms with Crippen LogP contribution in [-0.2, 0) is 16.1 Å². The molecule has 0 saturated heterocycles. The molecule has 0 unspecified atom stereocenters. The van der Waals surface area contributed by atoms with E-state index in [4.69, 9.17) is 9.84 Å². The molecule has 0 aliphatic heterocycles. The van der Waals surface area contributed by atoms with E-state index in [2.05, 4.69) is 15.6 Å². The molecular formula is C11H16N4O4. The average Bonchev–Trinajstić information content (AvgIpc) is 3.11. The number of hydrogen-bond acceptors (Lipinski definition) is 5. The lowest BCUT2D eigenvalue weighted by molar-refractivity contribution is -0.122. The molecule has 1 saturated carbocycles. The fraction of sp³-hybridized carbons (Fsp3) is 0.636. The second kappa shape index (κ2) is 5.79. The number of aromatic nitrogens is 3. The van der Waals surface area contributed by atoms with E-state index in [-0.39, 0.29) is 24.1 Å². The summed E-state index contributed by atoms with van der Waals surface area (Å²) in [6, 6.07) is 0. The van der Waals surface area contributed by atoms with Crippen LogP contribution in [0.1, 0.15) is 34.9 Å². The summed E-state index contributed by atoms with van der Waals surface area (Å²) in [6.45, 7) is 0.823. The predicted octanol–water partition coefficient (Wildman–Crippen LogP) is -0.384. The van der Waals surface area contributed by atoms with Crippen molar-refractivity contribution in [1.82, 2.24) is 20.3 Å². The molecule has 0 radical (unpaired) electrons. The van der Waals surface area contributed by atoms with Gasteiger partial charge in [0.2, 0.25) is 5.91 Å². The third-order valence-corrected chi connectivity index (χ3v) is 2.86.